The van der Waals surface area contributed by atoms with Crippen LogP contribution in [0, 0.1) is 0 Å². The van der Waals surface area contributed by atoms with Gasteiger partial charge in [0.05, 0.1) is 41.1 Å². The number of fused-ring (bicyclic) bond motifs is 2. The molecule has 0 radical (unpaired) electrons. The molecule has 230 valence electrons. The van der Waals surface area contributed by atoms with Crippen LogP contribution in [0.3, 0.4) is 0 Å². The van der Waals surface area contributed by atoms with E-state index in [1.165, 1.54) is 11.3 Å². The highest BCUT2D eigenvalue weighted by atomic mass is 35.5. The number of amides is 1. The van der Waals surface area contributed by atoms with Gasteiger partial charge in [0.25, 0.3) is 11.5 Å². The van der Waals surface area contributed by atoms with E-state index >= 15 is 0 Å². The summed E-state index contributed by atoms with van der Waals surface area (Å²) in [6.07, 6.45) is 1.67. The van der Waals surface area contributed by atoms with Crippen LogP contribution >= 0.6 is 22.9 Å². The first-order valence-corrected chi connectivity index (χ1v) is 15.7. The predicted molar refractivity (Wildman–Crippen MR) is 176 cm³/mol. The number of methoxy groups -OCH3 is 2. The molecule has 0 bridgehead atoms. The Hall–Kier alpha value is -4.08. The summed E-state index contributed by atoms with van der Waals surface area (Å²) in [6.45, 7) is 10.6. The Balaban J connectivity index is 1.80. The van der Waals surface area contributed by atoms with E-state index in [0.29, 0.717) is 61.5 Å². The van der Waals surface area contributed by atoms with Gasteiger partial charge < -0.3 is 19.1 Å². The van der Waals surface area contributed by atoms with Gasteiger partial charge in [-0.2, -0.15) is 0 Å². The number of aromatic nitrogens is 1. The molecule has 0 saturated heterocycles. The summed E-state index contributed by atoms with van der Waals surface area (Å²) in [5, 5.41) is 2.24. The van der Waals surface area contributed by atoms with Gasteiger partial charge in [0.15, 0.2) is 16.3 Å². The second kappa shape index (κ2) is 12.9. The van der Waals surface area contributed by atoms with Gasteiger partial charge in [-0.25, -0.2) is 4.99 Å². The molecule has 1 aliphatic heterocycles. The number of nitrogens with zero attached hydrogens (tertiary/aromatic N) is 3. The number of allylic oxidation sites excluding steroid dienone is 1. The van der Waals surface area contributed by atoms with Gasteiger partial charge in [-0.05, 0) is 75.2 Å². The highest BCUT2D eigenvalue weighted by molar-refractivity contribution is 7.07. The van der Waals surface area contributed by atoms with E-state index in [9.17, 15) is 9.59 Å². The number of rotatable bonds is 9. The van der Waals surface area contributed by atoms with Crippen LogP contribution in [0.1, 0.15) is 51.8 Å². The van der Waals surface area contributed by atoms with Crippen LogP contribution in [0.2, 0.25) is 5.02 Å². The van der Waals surface area contributed by atoms with Crippen molar-refractivity contribution in [3.8, 4) is 17.2 Å². The third kappa shape index (κ3) is 5.62. The average molecular weight is 634 g/mol. The Morgan fingerprint density at radius 3 is 2.45 bits per heavy atom. The second-order valence-corrected chi connectivity index (χ2v) is 12.1. The molecule has 10 heteroatoms. The average Bonchev–Trinajstić information content (AvgIpc) is 3.31. The van der Waals surface area contributed by atoms with Crippen LogP contribution in [0.15, 0.2) is 69.6 Å². The van der Waals surface area contributed by atoms with Crippen molar-refractivity contribution in [3.63, 3.8) is 0 Å². The van der Waals surface area contributed by atoms with Gasteiger partial charge in [0.2, 0.25) is 0 Å². The van der Waals surface area contributed by atoms with Gasteiger partial charge >= 0.3 is 0 Å². The topological polar surface area (TPSA) is 82.4 Å². The smallest absolute Gasteiger partial charge is 0.271 e. The van der Waals surface area contributed by atoms with Crippen LogP contribution in [-0.4, -0.2) is 48.8 Å². The Bertz CT molecular complexity index is 1960. The van der Waals surface area contributed by atoms with Crippen molar-refractivity contribution >= 4 is 45.7 Å². The summed E-state index contributed by atoms with van der Waals surface area (Å²) < 4.78 is 19.4. The molecular formula is C34H36ClN3O5S. The van der Waals surface area contributed by atoms with E-state index < -0.39 is 6.04 Å². The Labute approximate surface area is 265 Å². The van der Waals surface area contributed by atoms with E-state index in [1.807, 2.05) is 71.0 Å². The number of ether oxygens (including phenoxy) is 3. The lowest BCUT2D eigenvalue weighted by molar-refractivity contribution is -0.127. The number of benzene rings is 3. The molecule has 8 nitrogen and oxygen atoms in total. The van der Waals surface area contributed by atoms with Crippen molar-refractivity contribution in [2.24, 2.45) is 4.99 Å². The van der Waals surface area contributed by atoms with Crippen LogP contribution in [-0.2, 0) is 4.79 Å². The summed E-state index contributed by atoms with van der Waals surface area (Å²) in [4.78, 5) is 35.6. The lowest BCUT2D eigenvalue weighted by Crippen LogP contribution is -2.43. The maximum atomic E-state index is 14.4. The van der Waals surface area contributed by atoms with Gasteiger partial charge in [-0.15, -0.1) is 0 Å². The van der Waals surface area contributed by atoms with E-state index in [2.05, 4.69) is 0 Å². The highest BCUT2D eigenvalue weighted by Crippen LogP contribution is 2.41. The minimum Gasteiger partial charge on any atom is -0.496 e. The fraction of sp³-hybridized carbons (Fsp3) is 0.324. The number of halogens is 1. The Morgan fingerprint density at radius 2 is 1.80 bits per heavy atom. The van der Waals surface area contributed by atoms with Crippen molar-refractivity contribution < 1.29 is 19.0 Å². The van der Waals surface area contributed by atoms with E-state index in [4.69, 9.17) is 30.8 Å². The minimum atomic E-state index is -0.762. The van der Waals surface area contributed by atoms with Crippen molar-refractivity contribution in [1.82, 2.24) is 9.47 Å². The zero-order valence-corrected chi connectivity index (χ0v) is 27.5. The number of hydrogen-bond acceptors (Lipinski definition) is 7. The monoisotopic (exact) mass is 633 g/mol. The van der Waals surface area contributed by atoms with Crippen molar-refractivity contribution in [3.05, 3.63) is 95.6 Å². The third-order valence-corrected chi connectivity index (χ3v) is 8.89. The zero-order valence-electron chi connectivity index (χ0n) is 25.9. The number of thiazole rings is 1. The normalized spacial score (nSPS) is 14.9. The van der Waals surface area contributed by atoms with Gasteiger partial charge in [-0.3, -0.25) is 14.2 Å². The molecule has 0 spiro atoms. The fourth-order valence-electron chi connectivity index (χ4n) is 5.61. The Kier molecular flexibility index (Phi) is 9.18. The third-order valence-electron chi connectivity index (χ3n) is 7.63. The van der Waals surface area contributed by atoms with Crippen molar-refractivity contribution in [1.29, 1.82) is 0 Å². The maximum Gasteiger partial charge on any atom is 0.271 e. The number of carbonyl (C=O) groups excluding carboxylic acids is 1. The van der Waals surface area contributed by atoms with Crippen LogP contribution in [0.4, 0.5) is 0 Å². The molecule has 0 fully saturated rings. The largest absolute Gasteiger partial charge is 0.496 e. The molecular weight excluding hydrogens is 598 g/mol. The van der Waals surface area contributed by atoms with E-state index in [0.717, 1.165) is 16.3 Å². The molecule has 1 aromatic heterocycles. The lowest BCUT2D eigenvalue weighted by atomic mass is 9.90. The molecule has 1 aliphatic rings. The molecule has 1 atom stereocenters. The highest BCUT2D eigenvalue weighted by Gasteiger charge is 2.36. The molecule has 3 aromatic carbocycles. The zero-order chi connectivity index (χ0) is 31.7. The fourth-order valence-corrected chi connectivity index (χ4v) is 6.92. The maximum absolute atomic E-state index is 14.4. The molecule has 0 N–H and O–H groups in total. The van der Waals surface area contributed by atoms with Gasteiger partial charge in [0, 0.05) is 18.7 Å². The SMILES string of the molecule is CCN(CC)C(=O)C1=C(C)N=c2s/c(=C/c3cc(Cl)c(OC(C)C)c(OC)c3)c(=O)n2[C@@H]1c1c(OC)ccc2ccccc12. The predicted octanol–water partition coefficient (Wildman–Crippen LogP) is 5.71. The number of carbonyl (C=O) groups is 1. The van der Waals surface area contributed by atoms with Crippen molar-refractivity contribution in [2.45, 2.75) is 46.8 Å². The summed E-state index contributed by atoms with van der Waals surface area (Å²) in [6, 6.07) is 14.5. The van der Waals surface area contributed by atoms with Crippen LogP contribution in [0.5, 0.6) is 17.2 Å². The second-order valence-electron chi connectivity index (χ2n) is 10.7. The summed E-state index contributed by atoms with van der Waals surface area (Å²) >= 11 is 7.86. The molecule has 44 heavy (non-hydrogen) atoms. The number of likely N-dealkylation sites (N-methyl/N-ethyl adjacent to an activating group) is 1. The first kappa shape index (κ1) is 31.3. The molecule has 4 aromatic rings. The molecule has 2 heterocycles. The standard InChI is InChI=1S/C34H36ClN3O5S/c1-8-37(9-2)33(40)28-20(5)36-34-38(30(28)29-23-13-11-10-12-22(23)14-15-25(29)41-6)32(39)27(44-34)18-21-16-24(35)31(43-19(3)4)26(17-21)42-7/h10-19,30H,8-9H2,1-7H3/b27-18+/t30-/m0/s1. The minimum absolute atomic E-state index is 0.0986. The molecule has 0 unspecified atom stereocenters. The molecule has 5 rings (SSSR count). The summed E-state index contributed by atoms with van der Waals surface area (Å²) in [7, 11) is 3.15. The van der Waals surface area contributed by atoms with E-state index in [1.54, 1.807) is 41.9 Å². The molecule has 0 aliphatic carbocycles. The first-order chi connectivity index (χ1) is 21.1. The lowest BCUT2D eigenvalue weighted by Gasteiger charge is -2.30. The van der Waals surface area contributed by atoms with E-state index in [-0.39, 0.29) is 17.6 Å². The van der Waals surface area contributed by atoms with Gasteiger partial charge in [0.1, 0.15) is 11.8 Å². The molecule has 0 saturated carbocycles. The van der Waals surface area contributed by atoms with Crippen molar-refractivity contribution in [2.75, 3.05) is 27.3 Å². The van der Waals surface area contributed by atoms with Crippen LogP contribution in [0.25, 0.3) is 16.8 Å². The summed E-state index contributed by atoms with van der Waals surface area (Å²) in [5.74, 6) is 1.33. The number of hydrogen-bond donors (Lipinski definition) is 0. The summed E-state index contributed by atoms with van der Waals surface area (Å²) in [5.41, 5.74) is 2.14. The quantitative estimate of drug-likeness (QED) is 0.236. The van der Waals surface area contributed by atoms with Crippen LogP contribution < -0.4 is 29.1 Å². The Morgan fingerprint density at radius 1 is 1.09 bits per heavy atom. The first-order valence-electron chi connectivity index (χ1n) is 14.5. The molecule has 1 amide bonds. The van der Waals surface area contributed by atoms with Gasteiger partial charge in [-0.1, -0.05) is 53.3 Å².